The van der Waals surface area contributed by atoms with Crippen molar-refractivity contribution < 1.29 is 5.11 Å². The molecule has 2 aromatic rings. The molecule has 0 saturated carbocycles. The van der Waals surface area contributed by atoms with Crippen molar-refractivity contribution in [3.8, 4) is 0 Å². The lowest BCUT2D eigenvalue weighted by atomic mass is 10.1. The Bertz CT molecular complexity index is 507. The number of nitrogens with zero attached hydrogens (tertiary/aromatic N) is 3. The van der Waals surface area contributed by atoms with Gasteiger partial charge in [0, 0.05) is 18.7 Å². The summed E-state index contributed by atoms with van der Waals surface area (Å²) in [5.74, 6) is 0.962. The highest BCUT2D eigenvalue weighted by Crippen LogP contribution is 2.24. The average molecular weight is 247 g/mol. The molecule has 1 N–H and O–H groups in total. The number of aliphatic hydroxyl groups is 1. The quantitative estimate of drug-likeness (QED) is 0.854. The van der Waals surface area contributed by atoms with E-state index in [0.717, 1.165) is 23.3 Å². The van der Waals surface area contributed by atoms with Gasteiger partial charge in [0.1, 0.15) is 11.3 Å². The Morgan fingerprint density at radius 3 is 3.00 bits per heavy atom. The second-order valence-corrected chi connectivity index (χ2v) is 4.73. The van der Waals surface area contributed by atoms with Gasteiger partial charge in [-0.05, 0) is 19.4 Å². The molecule has 0 amide bonds. The maximum atomic E-state index is 9.16. The zero-order valence-corrected chi connectivity index (χ0v) is 11.1. The highest BCUT2D eigenvalue weighted by Gasteiger charge is 2.14. The molecule has 4 nitrogen and oxygen atoms in total. The number of aromatic nitrogens is 3. The first kappa shape index (κ1) is 13.0. The second-order valence-electron chi connectivity index (χ2n) is 4.73. The van der Waals surface area contributed by atoms with Gasteiger partial charge in [-0.15, -0.1) is 0 Å². The zero-order valence-electron chi connectivity index (χ0n) is 11.1. The van der Waals surface area contributed by atoms with Gasteiger partial charge in [-0.2, -0.15) is 0 Å². The van der Waals surface area contributed by atoms with E-state index in [1.165, 1.54) is 12.8 Å². The molecule has 2 aromatic heterocycles. The Hall–Kier alpha value is -1.42. The van der Waals surface area contributed by atoms with E-state index in [9.17, 15) is 0 Å². The summed E-state index contributed by atoms with van der Waals surface area (Å²) in [6.07, 6.45) is 7.75. The summed E-state index contributed by atoms with van der Waals surface area (Å²) in [6.45, 7) is 4.56. The van der Waals surface area contributed by atoms with E-state index in [4.69, 9.17) is 5.11 Å². The Balaban J connectivity index is 2.40. The number of imidazole rings is 1. The number of aliphatic hydroxyl groups excluding tert-OH is 1. The Morgan fingerprint density at radius 1 is 1.44 bits per heavy atom. The van der Waals surface area contributed by atoms with E-state index in [1.807, 2.05) is 6.07 Å². The molecule has 98 valence electrons. The van der Waals surface area contributed by atoms with Crippen LogP contribution in [0.4, 0.5) is 0 Å². The van der Waals surface area contributed by atoms with Gasteiger partial charge < -0.3 is 9.67 Å². The highest BCUT2D eigenvalue weighted by molar-refractivity contribution is 5.74. The topological polar surface area (TPSA) is 50.9 Å². The SMILES string of the molecule is CCCCC(C)n1c(CCO)nc2cnccc21. The van der Waals surface area contributed by atoms with Crippen LogP contribution in [0.1, 0.15) is 45.0 Å². The number of rotatable bonds is 6. The zero-order chi connectivity index (χ0) is 13.0. The molecule has 0 radical (unpaired) electrons. The third-order valence-corrected chi connectivity index (χ3v) is 3.32. The van der Waals surface area contributed by atoms with Crippen LogP contribution in [-0.4, -0.2) is 26.2 Å². The third kappa shape index (κ3) is 2.53. The molecular weight excluding hydrogens is 226 g/mol. The van der Waals surface area contributed by atoms with Gasteiger partial charge in [0.25, 0.3) is 0 Å². The lowest BCUT2D eigenvalue weighted by Gasteiger charge is -2.17. The molecule has 2 rings (SSSR count). The second kappa shape index (κ2) is 5.96. The summed E-state index contributed by atoms with van der Waals surface area (Å²) in [4.78, 5) is 8.68. The number of pyridine rings is 1. The van der Waals surface area contributed by atoms with E-state index in [2.05, 4.69) is 28.4 Å². The number of unbranched alkanes of at least 4 members (excludes halogenated alkanes) is 1. The summed E-state index contributed by atoms with van der Waals surface area (Å²) in [6, 6.07) is 2.42. The van der Waals surface area contributed by atoms with Gasteiger partial charge >= 0.3 is 0 Å². The largest absolute Gasteiger partial charge is 0.396 e. The maximum absolute atomic E-state index is 9.16. The molecule has 0 bridgehead atoms. The van der Waals surface area contributed by atoms with Crippen LogP contribution in [0.25, 0.3) is 11.0 Å². The standard InChI is InChI=1S/C14H21N3O/c1-3-4-5-11(2)17-13-6-8-15-10-12(13)16-14(17)7-9-18/h6,8,10-11,18H,3-5,7,9H2,1-2H3. The summed E-state index contributed by atoms with van der Waals surface area (Å²) in [5.41, 5.74) is 2.04. The van der Waals surface area contributed by atoms with Gasteiger partial charge in [0.15, 0.2) is 0 Å². The fourth-order valence-corrected chi connectivity index (χ4v) is 2.40. The van der Waals surface area contributed by atoms with E-state index in [-0.39, 0.29) is 6.61 Å². The molecule has 0 aliphatic heterocycles. The monoisotopic (exact) mass is 247 g/mol. The molecule has 1 unspecified atom stereocenters. The molecule has 0 saturated heterocycles. The average Bonchev–Trinajstić information content (AvgIpc) is 2.74. The molecule has 2 heterocycles. The normalized spacial score (nSPS) is 13.1. The van der Waals surface area contributed by atoms with Crippen LogP contribution in [0.2, 0.25) is 0 Å². The molecule has 0 aliphatic carbocycles. The van der Waals surface area contributed by atoms with Gasteiger partial charge in [-0.25, -0.2) is 4.98 Å². The van der Waals surface area contributed by atoms with Crippen molar-refractivity contribution in [1.82, 2.24) is 14.5 Å². The summed E-state index contributed by atoms with van der Waals surface area (Å²) >= 11 is 0. The van der Waals surface area contributed by atoms with E-state index in [1.54, 1.807) is 12.4 Å². The smallest absolute Gasteiger partial charge is 0.112 e. The highest BCUT2D eigenvalue weighted by atomic mass is 16.3. The van der Waals surface area contributed by atoms with Crippen LogP contribution in [0, 0.1) is 0 Å². The molecule has 0 fully saturated rings. The van der Waals surface area contributed by atoms with Crippen molar-refractivity contribution in [3.05, 3.63) is 24.3 Å². The predicted molar refractivity (Wildman–Crippen MR) is 72.6 cm³/mol. The molecule has 0 spiro atoms. The summed E-state index contributed by atoms with van der Waals surface area (Å²) in [5, 5.41) is 9.16. The Morgan fingerprint density at radius 2 is 2.28 bits per heavy atom. The van der Waals surface area contributed by atoms with Gasteiger partial charge in [0.05, 0.1) is 18.3 Å². The minimum Gasteiger partial charge on any atom is -0.396 e. The van der Waals surface area contributed by atoms with Crippen molar-refractivity contribution in [2.24, 2.45) is 0 Å². The summed E-state index contributed by atoms with van der Waals surface area (Å²) < 4.78 is 2.25. The van der Waals surface area contributed by atoms with Crippen molar-refractivity contribution in [3.63, 3.8) is 0 Å². The lowest BCUT2D eigenvalue weighted by molar-refractivity contribution is 0.293. The van der Waals surface area contributed by atoms with Crippen LogP contribution in [0.5, 0.6) is 0 Å². The maximum Gasteiger partial charge on any atom is 0.112 e. The van der Waals surface area contributed by atoms with E-state index in [0.29, 0.717) is 12.5 Å². The minimum atomic E-state index is 0.136. The molecule has 0 aliphatic rings. The van der Waals surface area contributed by atoms with Crippen LogP contribution >= 0.6 is 0 Å². The van der Waals surface area contributed by atoms with Crippen molar-refractivity contribution in [2.45, 2.75) is 45.6 Å². The first-order valence-corrected chi connectivity index (χ1v) is 6.69. The van der Waals surface area contributed by atoms with Crippen LogP contribution in [-0.2, 0) is 6.42 Å². The minimum absolute atomic E-state index is 0.136. The molecule has 4 heteroatoms. The summed E-state index contributed by atoms with van der Waals surface area (Å²) in [7, 11) is 0. The van der Waals surface area contributed by atoms with Crippen LogP contribution in [0.3, 0.4) is 0 Å². The van der Waals surface area contributed by atoms with Crippen molar-refractivity contribution in [2.75, 3.05) is 6.61 Å². The van der Waals surface area contributed by atoms with Gasteiger partial charge in [-0.1, -0.05) is 19.8 Å². The van der Waals surface area contributed by atoms with Gasteiger partial charge in [0.2, 0.25) is 0 Å². The molecule has 18 heavy (non-hydrogen) atoms. The van der Waals surface area contributed by atoms with Crippen molar-refractivity contribution >= 4 is 11.0 Å². The number of hydrogen-bond acceptors (Lipinski definition) is 3. The Kier molecular flexibility index (Phi) is 4.31. The van der Waals surface area contributed by atoms with Crippen LogP contribution < -0.4 is 0 Å². The van der Waals surface area contributed by atoms with E-state index < -0.39 is 0 Å². The Labute approximate surface area is 108 Å². The number of fused-ring (bicyclic) bond motifs is 1. The number of hydrogen-bond donors (Lipinski definition) is 1. The molecule has 0 aromatic carbocycles. The lowest BCUT2D eigenvalue weighted by Crippen LogP contribution is -2.10. The van der Waals surface area contributed by atoms with Crippen LogP contribution in [0.15, 0.2) is 18.5 Å². The molecular formula is C14H21N3O. The van der Waals surface area contributed by atoms with E-state index >= 15 is 0 Å². The third-order valence-electron chi connectivity index (χ3n) is 3.32. The first-order valence-electron chi connectivity index (χ1n) is 6.69. The van der Waals surface area contributed by atoms with Crippen molar-refractivity contribution in [1.29, 1.82) is 0 Å². The predicted octanol–water partition coefficient (Wildman–Crippen LogP) is 2.72. The first-order chi connectivity index (χ1) is 8.77. The molecule has 1 atom stereocenters. The fraction of sp³-hybridized carbons (Fsp3) is 0.571. The van der Waals surface area contributed by atoms with Gasteiger partial charge in [-0.3, -0.25) is 4.98 Å². The fourth-order valence-electron chi connectivity index (χ4n) is 2.40.